The molecule has 0 fully saturated rings. The molecule has 0 aliphatic carbocycles. The molecule has 104 valence electrons. The minimum absolute atomic E-state index is 0.551. The molecule has 1 aromatic heterocycles. The fourth-order valence-corrected chi connectivity index (χ4v) is 2.69. The maximum Gasteiger partial charge on any atom is 0.119 e. The molecular formula is C14H18ClNO3. The van der Waals surface area contributed by atoms with Gasteiger partial charge >= 0.3 is 0 Å². The zero-order valence-corrected chi connectivity index (χ0v) is 12.1. The van der Waals surface area contributed by atoms with Gasteiger partial charge in [0.2, 0.25) is 0 Å². The van der Waals surface area contributed by atoms with Crippen molar-refractivity contribution in [3.63, 3.8) is 0 Å². The molecule has 0 amide bonds. The van der Waals surface area contributed by atoms with Crippen molar-refractivity contribution < 1.29 is 14.6 Å². The number of hydrogen-bond donors (Lipinski definition) is 1. The lowest BCUT2D eigenvalue weighted by molar-refractivity contribution is 0.187. The van der Waals surface area contributed by atoms with Gasteiger partial charge in [-0.25, -0.2) is 0 Å². The van der Waals surface area contributed by atoms with Crippen LogP contribution < -0.4 is 4.74 Å². The molecule has 1 unspecified atom stereocenters. The van der Waals surface area contributed by atoms with Crippen molar-refractivity contribution in [1.29, 1.82) is 0 Å². The molecule has 1 heterocycles. The van der Waals surface area contributed by atoms with E-state index in [2.05, 4.69) is 0 Å². The summed E-state index contributed by atoms with van der Waals surface area (Å²) in [7, 11) is 3.27. The van der Waals surface area contributed by atoms with Crippen molar-refractivity contribution in [2.75, 3.05) is 20.8 Å². The summed E-state index contributed by atoms with van der Waals surface area (Å²) in [6.45, 7) is 2.92. The number of fused-ring (bicyclic) bond motifs is 1. The third-order valence-electron chi connectivity index (χ3n) is 3.18. The topological polar surface area (TPSA) is 43.6 Å². The minimum atomic E-state index is -0.633. The van der Waals surface area contributed by atoms with Gasteiger partial charge in [-0.2, -0.15) is 0 Å². The zero-order valence-electron chi connectivity index (χ0n) is 11.3. The monoisotopic (exact) mass is 283 g/mol. The maximum absolute atomic E-state index is 9.94. The van der Waals surface area contributed by atoms with Gasteiger partial charge in [-0.3, -0.25) is 0 Å². The van der Waals surface area contributed by atoms with Crippen LogP contribution in [0.3, 0.4) is 0 Å². The lowest BCUT2D eigenvalue weighted by Gasteiger charge is -2.07. The van der Waals surface area contributed by atoms with Crippen molar-refractivity contribution in [1.82, 2.24) is 4.57 Å². The van der Waals surface area contributed by atoms with Crippen LogP contribution in [0.15, 0.2) is 18.2 Å². The van der Waals surface area contributed by atoms with Gasteiger partial charge < -0.3 is 19.1 Å². The van der Waals surface area contributed by atoms with Crippen LogP contribution in [0.5, 0.6) is 5.75 Å². The molecule has 1 aromatic carbocycles. The highest BCUT2D eigenvalue weighted by Gasteiger charge is 2.19. The van der Waals surface area contributed by atoms with E-state index in [1.165, 1.54) is 0 Å². The molecule has 0 aliphatic rings. The predicted octanol–water partition coefficient (Wildman–Crippen LogP) is 3.00. The summed E-state index contributed by atoms with van der Waals surface area (Å²) >= 11 is 6.39. The number of ether oxygens (including phenoxy) is 2. The Bertz CT molecular complexity index is 578. The minimum Gasteiger partial charge on any atom is -0.497 e. The van der Waals surface area contributed by atoms with Crippen LogP contribution in [-0.4, -0.2) is 30.5 Å². The van der Waals surface area contributed by atoms with Gasteiger partial charge in [0, 0.05) is 30.1 Å². The van der Waals surface area contributed by atoms with Crippen molar-refractivity contribution in [2.24, 2.45) is 0 Å². The number of benzene rings is 1. The Morgan fingerprint density at radius 3 is 2.68 bits per heavy atom. The summed E-state index contributed by atoms with van der Waals surface area (Å²) in [5.41, 5.74) is 1.70. The van der Waals surface area contributed by atoms with Crippen LogP contribution in [0.1, 0.15) is 18.6 Å². The highest BCUT2D eigenvalue weighted by Crippen LogP contribution is 2.36. The number of methoxy groups -OCH3 is 2. The van der Waals surface area contributed by atoms with Crippen molar-refractivity contribution in [3.05, 3.63) is 28.9 Å². The summed E-state index contributed by atoms with van der Waals surface area (Å²) in [5.74, 6) is 0.745. The Balaban J connectivity index is 2.65. The lowest BCUT2D eigenvalue weighted by Crippen LogP contribution is -2.04. The van der Waals surface area contributed by atoms with Crippen LogP contribution in [0.4, 0.5) is 0 Å². The van der Waals surface area contributed by atoms with Crippen molar-refractivity contribution in [3.8, 4) is 5.75 Å². The smallest absolute Gasteiger partial charge is 0.119 e. The molecular weight excluding hydrogens is 266 g/mol. The molecule has 4 nitrogen and oxygen atoms in total. The Labute approximate surface area is 117 Å². The Morgan fingerprint density at radius 1 is 1.37 bits per heavy atom. The number of aliphatic hydroxyl groups excluding tert-OH is 1. The quantitative estimate of drug-likeness (QED) is 0.917. The average Bonchev–Trinajstić information content (AvgIpc) is 2.67. The lowest BCUT2D eigenvalue weighted by atomic mass is 10.1. The summed E-state index contributed by atoms with van der Waals surface area (Å²) in [6, 6.07) is 5.72. The van der Waals surface area contributed by atoms with E-state index in [1.54, 1.807) is 21.1 Å². The number of hydrogen-bond acceptors (Lipinski definition) is 3. The summed E-state index contributed by atoms with van der Waals surface area (Å²) in [4.78, 5) is 0. The highest BCUT2D eigenvalue weighted by atomic mass is 35.5. The molecule has 19 heavy (non-hydrogen) atoms. The maximum atomic E-state index is 9.94. The number of halogens is 1. The van der Waals surface area contributed by atoms with Crippen molar-refractivity contribution in [2.45, 2.75) is 19.6 Å². The number of rotatable bonds is 5. The largest absolute Gasteiger partial charge is 0.497 e. The first-order valence-corrected chi connectivity index (χ1v) is 6.50. The zero-order chi connectivity index (χ0) is 14.0. The predicted molar refractivity (Wildman–Crippen MR) is 76.0 cm³/mol. The Morgan fingerprint density at radius 2 is 2.11 bits per heavy atom. The summed E-state index contributed by atoms with van der Waals surface area (Å²) in [6.07, 6.45) is -0.633. The molecule has 0 bridgehead atoms. The SMILES string of the molecule is COCCn1c(Cl)c(C(C)O)c2cc(OC)ccc21. The van der Waals surface area contributed by atoms with Gasteiger partial charge in [0.15, 0.2) is 0 Å². The van der Waals surface area contributed by atoms with E-state index in [4.69, 9.17) is 21.1 Å². The number of aliphatic hydroxyl groups is 1. The fraction of sp³-hybridized carbons (Fsp3) is 0.429. The second-order valence-electron chi connectivity index (χ2n) is 4.41. The number of aromatic nitrogens is 1. The van der Waals surface area contributed by atoms with Crippen LogP contribution in [0.2, 0.25) is 5.15 Å². The van der Waals surface area contributed by atoms with Crippen LogP contribution in [0, 0.1) is 0 Å². The van der Waals surface area contributed by atoms with Crippen LogP contribution in [-0.2, 0) is 11.3 Å². The first kappa shape index (κ1) is 14.2. The van der Waals surface area contributed by atoms with Crippen LogP contribution >= 0.6 is 11.6 Å². The van der Waals surface area contributed by atoms with Gasteiger partial charge in [-0.15, -0.1) is 0 Å². The number of nitrogens with zero attached hydrogens (tertiary/aromatic N) is 1. The Kier molecular flexibility index (Phi) is 4.34. The van der Waals surface area contributed by atoms with Gasteiger partial charge in [0.25, 0.3) is 0 Å². The highest BCUT2D eigenvalue weighted by molar-refractivity contribution is 6.32. The van der Waals surface area contributed by atoms with Gasteiger partial charge in [0.05, 0.1) is 19.8 Å². The molecule has 1 atom stereocenters. The van der Waals surface area contributed by atoms with E-state index in [0.717, 1.165) is 22.2 Å². The molecule has 0 spiro atoms. The van der Waals surface area contributed by atoms with Gasteiger partial charge in [0.1, 0.15) is 10.9 Å². The van der Waals surface area contributed by atoms with Gasteiger partial charge in [-0.05, 0) is 25.1 Å². The van der Waals surface area contributed by atoms with Crippen molar-refractivity contribution >= 4 is 22.5 Å². The standard InChI is InChI=1S/C14H18ClNO3/c1-9(17)13-11-8-10(19-3)4-5-12(11)16(14(13)15)6-7-18-2/h4-5,8-9,17H,6-7H2,1-3H3. The van der Waals surface area contributed by atoms with Gasteiger partial charge in [-0.1, -0.05) is 11.6 Å². The van der Waals surface area contributed by atoms with E-state index < -0.39 is 6.10 Å². The van der Waals surface area contributed by atoms with E-state index in [9.17, 15) is 5.11 Å². The summed E-state index contributed by atoms with van der Waals surface area (Å²) in [5, 5.41) is 11.4. The van der Waals surface area contributed by atoms with E-state index >= 15 is 0 Å². The van der Waals surface area contributed by atoms with E-state index in [0.29, 0.717) is 18.3 Å². The molecule has 1 N–H and O–H groups in total. The third kappa shape index (κ3) is 2.56. The molecule has 0 saturated carbocycles. The molecule has 2 aromatic rings. The first-order valence-electron chi connectivity index (χ1n) is 6.12. The first-order chi connectivity index (χ1) is 9.10. The van der Waals surface area contributed by atoms with E-state index in [-0.39, 0.29) is 0 Å². The molecule has 0 radical (unpaired) electrons. The summed E-state index contributed by atoms with van der Waals surface area (Å²) < 4.78 is 12.3. The molecule has 2 rings (SSSR count). The third-order valence-corrected chi connectivity index (χ3v) is 3.59. The van der Waals surface area contributed by atoms with Crippen LogP contribution in [0.25, 0.3) is 10.9 Å². The molecule has 5 heteroatoms. The fourth-order valence-electron chi connectivity index (χ4n) is 2.25. The average molecular weight is 284 g/mol. The second-order valence-corrected chi connectivity index (χ2v) is 4.77. The molecule has 0 saturated heterocycles. The second kappa shape index (κ2) is 5.82. The Hall–Kier alpha value is -1.23. The molecule has 0 aliphatic heterocycles. The van der Waals surface area contributed by atoms with E-state index in [1.807, 2.05) is 22.8 Å². The normalized spacial score (nSPS) is 12.9.